The van der Waals surface area contributed by atoms with Crippen molar-refractivity contribution < 1.29 is 20.1 Å². The molecule has 0 radical (unpaired) electrons. The van der Waals surface area contributed by atoms with Crippen molar-refractivity contribution in [1.29, 1.82) is 0 Å². The van der Waals surface area contributed by atoms with Crippen molar-refractivity contribution >= 4 is 34.5 Å². The third kappa shape index (κ3) is 5.83. The molecule has 3 nitrogen and oxygen atoms in total. The number of para-hydroxylation sites is 1. The van der Waals surface area contributed by atoms with Crippen LogP contribution in [-0.4, -0.2) is 4.98 Å². The topological polar surface area (TPSA) is 19.4 Å². The average Bonchev–Trinajstić information content (AvgIpc) is 3.45. The van der Waals surface area contributed by atoms with Gasteiger partial charge in [0.1, 0.15) is 0 Å². The Morgan fingerprint density at radius 1 is 0.826 bits per heavy atom. The number of anilines is 4. The largest absolute Gasteiger partial charge is 3.00 e. The van der Waals surface area contributed by atoms with Crippen molar-refractivity contribution in [3.05, 3.63) is 133 Å². The summed E-state index contributed by atoms with van der Waals surface area (Å²) in [7, 11) is 0. The molecule has 2 aliphatic heterocycles. The van der Waals surface area contributed by atoms with Crippen LogP contribution in [0.15, 0.2) is 107 Å². The number of fused-ring (bicyclic) bond motifs is 4. The van der Waals surface area contributed by atoms with Crippen LogP contribution in [0.4, 0.5) is 22.7 Å². The van der Waals surface area contributed by atoms with E-state index in [1.165, 1.54) is 62.1 Å². The van der Waals surface area contributed by atoms with Gasteiger partial charge in [0, 0.05) is 28.2 Å². The Labute approximate surface area is 292 Å². The van der Waals surface area contributed by atoms with Crippen molar-refractivity contribution in [2.75, 3.05) is 9.80 Å². The summed E-state index contributed by atoms with van der Waals surface area (Å²) in [6, 6.07) is 38.6. The van der Waals surface area contributed by atoms with Crippen LogP contribution in [-0.2, 0) is 30.9 Å². The van der Waals surface area contributed by atoms with E-state index in [1.807, 2.05) is 54.2 Å². The Hall–Kier alpha value is -3.37. The summed E-state index contributed by atoms with van der Waals surface area (Å²) < 4.78 is 0. The molecule has 0 fully saturated rings. The zero-order chi connectivity index (χ0) is 31.3. The predicted octanol–water partition coefficient (Wildman–Crippen LogP) is 11.4. The molecule has 3 heterocycles. The van der Waals surface area contributed by atoms with E-state index in [0.29, 0.717) is 5.92 Å². The van der Waals surface area contributed by atoms with Crippen LogP contribution in [0.5, 0.6) is 0 Å². The second-order valence-corrected chi connectivity index (χ2v) is 14.9. The van der Waals surface area contributed by atoms with E-state index in [1.54, 1.807) is 6.20 Å². The van der Waals surface area contributed by atoms with Crippen LogP contribution < -0.4 is 9.80 Å². The number of pyridine rings is 1. The van der Waals surface area contributed by atoms with Gasteiger partial charge < -0.3 is 14.8 Å². The summed E-state index contributed by atoms with van der Waals surface area (Å²) >= 11 is 1.94. The maximum Gasteiger partial charge on any atom is 3.00 e. The second-order valence-electron chi connectivity index (χ2n) is 13.8. The average molecular weight is 799 g/mol. The Kier molecular flexibility index (Phi) is 8.97. The van der Waals surface area contributed by atoms with Crippen molar-refractivity contribution in [3.8, 4) is 11.3 Å². The molecule has 0 saturated carbocycles. The summed E-state index contributed by atoms with van der Waals surface area (Å²) in [5.74, 6) is 0.538. The van der Waals surface area contributed by atoms with Crippen LogP contribution in [0, 0.1) is 18.8 Å². The van der Waals surface area contributed by atoms with Gasteiger partial charge in [-0.2, -0.15) is 23.9 Å². The first-order chi connectivity index (χ1) is 21.6. The molecule has 5 aromatic rings. The number of benzene rings is 4. The molecule has 0 spiro atoms. The molecule has 8 rings (SSSR count). The first kappa shape index (κ1) is 32.6. The molecule has 5 heteroatoms. The van der Waals surface area contributed by atoms with Gasteiger partial charge in [-0.1, -0.05) is 94.3 Å². The molecular weight excluding hydrogens is 759 g/mol. The molecule has 0 saturated heterocycles. The molecule has 0 bridgehead atoms. The minimum Gasteiger partial charge on any atom is -0.492 e. The fourth-order valence-electron chi connectivity index (χ4n) is 6.73. The Morgan fingerprint density at radius 3 is 2.28 bits per heavy atom. The Bertz CT molecular complexity index is 1790. The van der Waals surface area contributed by atoms with Crippen molar-refractivity contribution in [3.63, 3.8) is 0 Å². The van der Waals surface area contributed by atoms with Crippen molar-refractivity contribution in [2.24, 2.45) is 0 Å². The van der Waals surface area contributed by atoms with E-state index in [2.05, 4.69) is 124 Å². The van der Waals surface area contributed by atoms with E-state index >= 15 is 0 Å². The van der Waals surface area contributed by atoms with Gasteiger partial charge >= 0.3 is 20.1 Å². The summed E-state index contributed by atoms with van der Waals surface area (Å²) in [4.78, 5) is 11.7. The maximum absolute atomic E-state index is 4.22. The molecule has 234 valence electrons. The van der Waals surface area contributed by atoms with Crippen LogP contribution in [0.2, 0.25) is 0 Å². The van der Waals surface area contributed by atoms with Crippen LogP contribution in [0.1, 0.15) is 77.0 Å². The smallest absolute Gasteiger partial charge is 0.492 e. The molecular formula is C41H40IrN3S. The SMILES string of the molecule is CC(C)c1ccc(N2[CH-]N3c4[c-]cc5c(c4Sc4cccc2c43)C(C)(C)CCC5(C)C)cc1.[Ir+3].[c-]1ccccc1-c1ccccn1. The number of aromatic nitrogens is 1. The van der Waals surface area contributed by atoms with Gasteiger partial charge in [-0.25, -0.2) is 0 Å². The molecule has 0 atom stereocenters. The minimum absolute atomic E-state index is 0. The zero-order valence-corrected chi connectivity index (χ0v) is 30.6. The van der Waals surface area contributed by atoms with Gasteiger partial charge in [0.25, 0.3) is 0 Å². The molecule has 4 aromatic carbocycles. The molecule has 3 aliphatic rings. The van der Waals surface area contributed by atoms with E-state index in [4.69, 9.17) is 0 Å². The Balaban J connectivity index is 0.000000241. The predicted molar refractivity (Wildman–Crippen MR) is 189 cm³/mol. The first-order valence-corrected chi connectivity index (χ1v) is 16.8. The van der Waals surface area contributed by atoms with E-state index in [-0.39, 0.29) is 30.9 Å². The molecule has 1 aromatic heterocycles. The fraction of sp³-hybridized carbons (Fsp3) is 0.268. The van der Waals surface area contributed by atoms with E-state index in [9.17, 15) is 0 Å². The number of hydrogen-bond donors (Lipinski definition) is 0. The molecule has 0 N–H and O–H groups in total. The van der Waals surface area contributed by atoms with Gasteiger partial charge in [-0.05, 0) is 59.3 Å². The third-order valence-corrected chi connectivity index (χ3v) is 10.6. The van der Waals surface area contributed by atoms with Gasteiger partial charge in [-0.15, -0.1) is 53.7 Å². The third-order valence-electron chi connectivity index (χ3n) is 9.50. The Morgan fingerprint density at radius 2 is 1.59 bits per heavy atom. The van der Waals surface area contributed by atoms with Crippen molar-refractivity contribution in [2.45, 2.75) is 80.9 Å². The second kappa shape index (κ2) is 12.7. The summed E-state index contributed by atoms with van der Waals surface area (Å²) in [6.07, 6.45) is 4.23. The van der Waals surface area contributed by atoms with E-state index in [0.717, 1.165) is 11.3 Å². The standard InChI is InChI=1S/C30H32N2S.C11H8N.Ir/c1-19(2)20-10-12-21(13-11-20)31-18-32-24-15-14-22-26(30(5,6)17-16-29(22,3)4)28(24)33-25-9-7-8-23(31)27(25)32;1-2-6-10(7-3-1)11-8-4-5-9-12-11;/h7-14,18-19H,16-17H2,1-6H3;1-6,8-9H;/q-2;-1;+3. The quantitative estimate of drug-likeness (QED) is 0.169. The fourth-order valence-corrected chi connectivity index (χ4v) is 8.14. The monoisotopic (exact) mass is 799 g/mol. The number of rotatable bonds is 3. The van der Waals surface area contributed by atoms with Crippen LogP contribution in [0.25, 0.3) is 11.3 Å². The maximum atomic E-state index is 4.22. The normalized spacial score (nSPS) is 16.4. The molecule has 0 amide bonds. The van der Waals surface area contributed by atoms with Crippen molar-refractivity contribution in [1.82, 2.24) is 4.98 Å². The van der Waals surface area contributed by atoms with Gasteiger partial charge in [-0.3, -0.25) is 0 Å². The number of hydrogen-bond acceptors (Lipinski definition) is 4. The minimum atomic E-state index is 0. The molecule has 0 unspecified atom stereocenters. The van der Waals surface area contributed by atoms with E-state index < -0.39 is 0 Å². The van der Waals surface area contributed by atoms with Crippen LogP contribution in [0.3, 0.4) is 0 Å². The first-order valence-electron chi connectivity index (χ1n) is 16.0. The van der Waals surface area contributed by atoms with Gasteiger partial charge in [0.05, 0.1) is 0 Å². The number of nitrogens with zero attached hydrogens (tertiary/aromatic N) is 3. The zero-order valence-electron chi connectivity index (χ0n) is 27.4. The van der Waals surface area contributed by atoms with Gasteiger partial charge in [0.2, 0.25) is 0 Å². The molecule has 46 heavy (non-hydrogen) atoms. The van der Waals surface area contributed by atoms with Gasteiger partial charge in [0.15, 0.2) is 0 Å². The summed E-state index contributed by atoms with van der Waals surface area (Å²) in [5, 5.41) is 0. The summed E-state index contributed by atoms with van der Waals surface area (Å²) in [6.45, 7) is 16.4. The summed E-state index contributed by atoms with van der Waals surface area (Å²) in [5.41, 5.74) is 11.7. The molecule has 1 aliphatic carbocycles. The van der Waals surface area contributed by atoms with Crippen LogP contribution >= 0.6 is 11.8 Å².